The summed E-state index contributed by atoms with van der Waals surface area (Å²) in [5.74, 6) is 0.739. The van der Waals surface area contributed by atoms with Gasteiger partial charge in [-0.2, -0.15) is 0 Å². The Morgan fingerprint density at radius 3 is 2.70 bits per heavy atom. The third-order valence-corrected chi connectivity index (χ3v) is 6.50. The van der Waals surface area contributed by atoms with Crippen molar-refractivity contribution >= 4 is 28.7 Å². The summed E-state index contributed by atoms with van der Waals surface area (Å²) >= 11 is 0. The molecule has 3 aromatic rings. The third-order valence-electron chi connectivity index (χ3n) is 6.50. The average Bonchev–Trinajstić information content (AvgIpc) is 2.93. The van der Waals surface area contributed by atoms with Gasteiger partial charge in [0.15, 0.2) is 5.78 Å². The molecule has 0 aliphatic carbocycles. The molecule has 1 saturated heterocycles. The van der Waals surface area contributed by atoms with Gasteiger partial charge in [-0.3, -0.25) is 9.69 Å². The maximum absolute atomic E-state index is 13.4. The Labute approximate surface area is 194 Å². The van der Waals surface area contributed by atoms with Crippen LogP contribution in [0.15, 0.2) is 48.7 Å². The van der Waals surface area contributed by atoms with Gasteiger partial charge < -0.3 is 20.6 Å². The quantitative estimate of drug-likeness (QED) is 0.561. The first kappa shape index (κ1) is 21.4. The molecule has 2 aliphatic rings. The van der Waals surface area contributed by atoms with Crippen molar-refractivity contribution < 1.29 is 9.90 Å². The van der Waals surface area contributed by atoms with E-state index in [0.717, 1.165) is 55.2 Å². The highest BCUT2D eigenvalue weighted by atomic mass is 16.3. The second-order valence-corrected chi connectivity index (χ2v) is 9.00. The molecule has 2 aromatic carbocycles. The van der Waals surface area contributed by atoms with Crippen LogP contribution >= 0.6 is 0 Å². The van der Waals surface area contributed by atoms with Crippen LogP contribution in [0, 0.1) is 6.92 Å². The van der Waals surface area contributed by atoms with Crippen molar-refractivity contribution in [1.29, 1.82) is 0 Å². The molecule has 1 fully saturated rings. The number of anilines is 4. The standard InChI is InChI=1S/C26H29N5O2/c1-17-3-5-20(32)15-23(17)28-22-7-8-27-26-25(22)24(33)14-19-13-18(4-6-21(19)29-26)16-31-11-9-30(2)10-12-31/h3-8,13,15,32H,9-12,14,16H2,1-2H3,(H2,27,28,29). The number of hydrogen-bond acceptors (Lipinski definition) is 7. The lowest BCUT2D eigenvalue weighted by atomic mass is 10.0. The summed E-state index contributed by atoms with van der Waals surface area (Å²) < 4.78 is 0. The first-order valence-electron chi connectivity index (χ1n) is 11.3. The Hall–Kier alpha value is -3.42. The minimum absolute atomic E-state index is 0.0152. The minimum atomic E-state index is 0.0152. The number of fused-ring (bicyclic) bond motifs is 2. The number of phenolic OH excluding ortho intramolecular Hbond substituents is 1. The summed E-state index contributed by atoms with van der Waals surface area (Å²) in [6, 6.07) is 13.3. The fraction of sp³-hybridized carbons (Fsp3) is 0.308. The van der Waals surface area contributed by atoms with Crippen molar-refractivity contribution in [3.05, 3.63) is 70.9 Å². The number of nitrogens with zero attached hydrogens (tertiary/aromatic N) is 3. The molecule has 7 heteroatoms. The number of rotatable bonds is 4. The van der Waals surface area contributed by atoms with Crippen molar-refractivity contribution in [3.63, 3.8) is 0 Å². The van der Waals surface area contributed by atoms with Crippen molar-refractivity contribution in [3.8, 4) is 5.75 Å². The fourth-order valence-corrected chi connectivity index (χ4v) is 4.50. The maximum Gasteiger partial charge on any atom is 0.173 e. The number of carbonyl (C=O) groups excluding carboxylic acids is 1. The van der Waals surface area contributed by atoms with Gasteiger partial charge in [-0.05, 0) is 48.9 Å². The largest absolute Gasteiger partial charge is 0.508 e. The van der Waals surface area contributed by atoms with E-state index in [0.29, 0.717) is 23.5 Å². The van der Waals surface area contributed by atoms with E-state index in [9.17, 15) is 9.90 Å². The number of hydrogen-bond donors (Lipinski definition) is 3. The second kappa shape index (κ2) is 8.84. The van der Waals surface area contributed by atoms with Crippen LogP contribution in [-0.2, 0) is 13.0 Å². The van der Waals surface area contributed by atoms with Crippen LogP contribution in [0.2, 0.25) is 0 Å². The predicted molar refractivity (Wildman–Crippen MR) is 131 cm³/mol. The SMILES string of the molecule is Cc1ccc(O)cc1Nc1ccnc2c1C(=O)Cc1cc(CN3CCN(C)CC3)ccc1N2. The number of phenols is 1. The number of Topliss-reactive ketones (excluding diaryl/α,β-unsaturated/α-hetero) is 1. The van der Waals surface area contributed by atoms with Gasteiger partial charge in [0.25, 0.3) is 0 Å². The third kappa shape index (κ3) is 4.55. The molecule has 5 rings (SSSR count). The Morgan fingerprint density at radius 1 is 1.06 bits per heavy atom. The van der Waals surface area contributed by atoms with E-state index in [2.05, 4.69) is 50.7 Å². The molecule has 0 atom stereocenters. The first-order valence-corrected chi connectivity index (χ1v) is 11.3. The van der Waals surface area contributed by atoms with E-state index in [1.807, 2.05) is 13.0 Å². The average molecular weight is 444 g/mol. The number of ketones is 1. The Bertz CT molecular complexity index is 1200. The number of aromatic nitrogens is 1. The van der Waals surface area contributed by atoms with E-state index >= 15 is 0 Å². The summed E-state index contributed by atoms with van der Waals surface area (Å²) in [6.45, 7) is 7.14. The van der Waals surface area contributed by atoms with Gasteiger partial charge in [-0.25, -0.2) is 4.98 Å². The van der Waals surface area contributed by atoms with Crippen molar-refractivity contribution in [2.24, 2.45) is 0 Å². The molecule has 3 heterocycles. The summed E-state index contributed by atoms with van der Waals surface area (Å²) in [5, 5.41) is 16.6. The maximum atomic E-state index is 13.4. The first-order chi connectivity index (χ1) is 16.0. The van der Waals surface area contributed by atoms with Gasteiger partial charge in [0.05, 0.1) is 11.3 Å². The lowest BCUT2D eigenvalue weighted by Gasteiger charge is -2.32. The van der Waals surface area contributed by atoms with Crippen molar-refractivity contribution in [2.45, 2.75) is 19.9 Å². The number of pyridine rings is 1. The Balaban J connectivity index is 1.41. The van der Waals surface area contributed by atoms with Crippen molar-refractivity contribution in [1.82, 2.24) is 14.8 Å². The molecule has 0 radical (unpaired) electrons. The van der Waals surface area contributed by atoms with E-state index in [-0.39, 0.29) is 11.5 Å². The highest BCUT2D eigenvalue weighted by Gasteiger charge is 2.24. The van der Waals surface area contributed by atoms with Gasteiger partial charge in [-0.1, -0.05) is 18.2 Å². The molecule has 170 valence electrons. The van der Waals surface area contributed by atoms with Crippen LogP contribution in [0.3, 0.4) is 0 Å². The molecule has 0 spiro atoms. The topological polar surface area (TPSA) is 80.7 Å². The van der Waals surface area contributed by atoms with E-state index in [1.165, 1.54) is 5.56 Å². The fourth-order valence-electron chi connectivity index (χ4n) is 4.50. The summed E-state index contributed by atoms with van der Waals surface area (Å²) in [6.07, 6.45) is 2.00. The number of aromatic hydroxyl groups is 1. The molecular weight excluding hydrogens is 414 g/mol. The summed E-state index contributed by atoms with van der Waals surface area (Å²) in [5.41, 5.74) is 6.08. The zero-order valence-electron chi connectivity index (χ0n) is 19.1. The summed E-state index contributed by atoms with van der Waals surface area (Å²) in [7, 11) is 2.16. The van der Waals surface area contributed by atoms with Crippen LogP contribution in [-0.4, -0.2) is 58.9 Å². The molecule has 2 aliphatic heterocycles. The van der Waals surface area contributed by atoms with Gasteiger partial charge in [0.2, 0.25) is 0 Å². The highest BCUT2D eigenvalue weighted by molar-refractivity contribution is 6.09. The number of benzene rings is 2. The lowest BCUT2D eigenvalue weighted by Crippen LogP contribution is -2.43. The highest BCUT2D eigenvalue weighted by Crippen LogP contribution is 2.35. The molecule has 1 aromatic heterocycles. The Kier molecular flexibility index (Phi) is 5.74. The van der Waals surface area contributed by atoms with Crippen LogP contribution < -0.4 is 10.6 Å². The second-order valence-electron chi connectivity index (χ2n) is 9.00. The minimum Gasteiger partial charge on any atom is -0.508 e. The van der Waals surface area contributed by atoms with E-state index in [4.69, 9.17) is 0 Å². The van der Waals surface area contributed by atoms with E-state index in [1.54, 1.807) is 24.4 Å². The smallest absolute Gasteiger partial charge is 0.173 e. The predicted octanol–water partition coefficient (Wildman–Crippen LogP) is 4.07. The van der Waals surface area contributed by atoms with Crippen LogP contribution in [0.5, 0.6) is 5.75 Å². The van der Waals surface area contributed by atoms with Crippen LogP contribution in [0.1, 0.15) is 27.0 Å². The number of aryl methyl sites for hydroxylation is 1. The molecule has 0 saturated carbocycles. The van der Waals surface area contributed by atoms with Crippen molar-refractivity contribution in [2.75, 3.05) is 43.9 Å². The number of carbonyl (C=O) groups is 1. The molecular formula is C26H29N5O2. The molecule has 0 bridgehead atoms. The molecule has 3 N–H and O–H groups in total. The zero-order valence-corrected chi connectivity index (χ0v) is 19.1. The van der Waals surface area contributed by atoms with Gasteiger partial charge in [0, 0.05) is 62.8 Å². The van der Waals surface area contributed by atoms with Crippen LogP contribution in [0.25, 0.3) is 0 Å². The number of nitrogens with one attached hydrogen (secondary N) is 2. The zero-order chi connectivity index (χ0) is 22.9. The van der Waals surface area contributed by atoms with E-state index < -0.39 is 0 Å². The Morgan fingerprint density at radius 2 is 1.88 bits per heavy atom. The summed E-state index contributed by atoms with van der Waals surface area (Å²) in [4.78, 5) is 22.7. The molecule has 7 nitrogen and oxygen atoms in total. The molecule has 0 unspecified atom stereocenters. The molecule has 0 amide bonds. The van der Waals surface area contributed by atoms with Crippen LogP contribution in [0.4, 0.5) is 22.9 Å². The monoisotopic (exact) mass is 443 g/mol. The normalized spacial score (nSPS) is 16.5. The number of likely N-dealkylation sites (N-methyl/N-ethyl adjacent to an activating group) is 1. The lowest BCUT2D eigenvalue weighted by molar-refractivity contribution is 0.0995. The van der Waals surface area contributed by atoms with Gasteiger partial charge in [0.1, 0.15) is 11.6 Å². The number of piperazine rings is 1. The molecule has 33 heavy (non-hydrogen) atoms. The van der Waals surface area contributed by atoms with Gasteiger partial charge >= 0.3 is 0 Å². The van der Waals surface area contributed by atoms with Gasteiger partial charge in [-0.15, -0.1) is 0 Å².